The summed E-state index contributed by atoms with van der Waals surface area (Å²) in [5.74, 6) is 0.0179. The Morgan fingerprint density at radius 1 is 1.26 bits per heavy atom. The Hall–Kier alpha value is -1.06. The van der Waals surface area contributed by atoms with Crippen LogP contribution in [0.15, 0.2) is 24.3 Å². The third-order valence-corrected chi connectivity index (χ3v) is 4.16. The quantitative estimate of drug-likeness (QED) is 0.891. The van der Waals surface area contributed by atoms with Gasteiger partial charge in [-0.2, -0.15) is 0 Å². The van der Waals surface area contributed by atoms with Crippen molar-refractivity contribution in [2.24, 2.45) is 5.73 Å². The summed E-state index contributed by atoms with van der Waals surface area (Å²) in [7, 11) is 0. The van der Waals surface area contributed by atoms with Crippen molar-refractivity contribution in [3.63, 3.8) is 0 Å². The van der Waals surface area contributed by atoms with Gasteiger partial charge >= 0.3 is 0 Å². The molecule has 1 fully saturated rings. The summed E-state index contributed by atoms with van der Waals surface area (Å²) in [4.78, 5) is 12.0. The topological polar surface area (TPSA) is 55.1 Å². The van der Waals surface area contributed by atoms with Crippen LogP contribution in [-0.2, 0) is 11.3 Å². The van der Waals surface area contributed by atoms with Gasteiger partial charge in [0.2, 0.25) is 5.91 Å². The van der Waals surface area contributed by atoms with E-state index in [0.29, 0.717) is 18.0 Å². The maximum atomic E-state index is 12.0. The Morgan fingerprint density at radius 2 is 1.95 bits per heavy atom. The molecular formula is C15H21ClN2O. The minimum absolute atomic E-state index is 0.0179. The summed E-state index contributed by atoms with van der Waals surface area (Å²) in [5, 5.41) is 3.59. The maximum absolute atomic E-state index is 12.0. The average molecular weight is 281 g/mol. The van der Waals surface area contributed by atoms with Crippen molar-refractivity contribution >= 4 is 17.5 Å². The fourth-order valence-corrected chi connectivity index (χ4v) is 2.85. The number of nitrogens with one attached hydrogen (secondary N) is 1. The third kappa shape index (κ3) is 4.22. The minimum Gasteiger partial charge on any atom is -0.352 e. The lowest BCUT2D eigenvalue weighted by atomic mass is 9.80. The number of benzene rings is 1. The van der Waals surface area contributed by atoms with Crippen LogP contribution < -0.4 is 11.1 Å². The van der Waals surface area contributed by atoms with E-state index in [1.165, 1.54) is 6.42 Å². The second-order valence-corrected chi connectivity index (χ2v) is 5.88. The van der Waals surface area contributed by atoms with E-state index in [2.05, 4.69) is 5.32 Å². The molecule has 0 atom stereocenters. The summed E-state index contributed by atoms with van der Waals surface area (Å²) in [5.41, 5.74) is 6.91. The van der Waals surface area contributed by atoms with E-state index in [1.807, 2.05) is 24.3 Å². The number of hydrogen-bond donors (Lipinski definition) is 2. The lowest BCUT2D eigenvalue weighted by Crippen LogP contribution is -2.45. The highest BCUT2D eigenvalue weighted by Crippen LogP contribution is 2.28. The van der Waals surface area contributed by atoms with Crippen molar-refractivity contribution < 1.29 is 4.79 Å². The molecule has 1 aromatic rings. The second kappa shape index (κ2) is 6.40. The van der Waals surface area contributed by atoms with Crippen LogP contribution in [0.5, 0.6) is 0 Å². The van der Waals surface area contributed by atoms with Gasteiger partial charge in [-0.05, 0) is 24.5 Å². The SMILES string of the molecule is NC1(CC(=O)NCc2ccccc2Cl)CCCCC1. The molecule has 1 saturated carbocycles. The first-order valence-corrected chi connectivity index (χ1v) is 7.26. The van der Waals surface area contributed by atoms with E-state index >= 15 is 0 Å². The molecule has 2 rings (SSSR count). The van der Waals surface area contributed by atoms with E-state index in [-0.39, 0.29) is 11.4 Å². The third-order valence-electron chi connectivity index (χ3n) is 3.80. The van der Waals surface area contributed by atoms with Crippen LogP contribution in [0.25, 0.3) is 0 Å². The van der Waals surface area contributed by atoms with Crippen molar-refractivity contribution in [1.29, 1.82) is 0 Å². The molecule has 104 valence electrons. The molecule has 0 spiro atoms. The van der Waals surface area contributed by atoms with Crippen LogP contribution in [0.3, 0.4) is 0 Å². The molecule has 0 heterocycles. The number of hydrogen-bond acceptors (Lipinski definition) is 2. The van der Waals surface area contributed by atoms with Crippen LogP contribution in [0.1, 0.15) is 44.1 Å². The monoisotopic (exact) mass is 280 g/mol. The molecule has 4 heteroatoms. The lowest BCUT2D eigenvalue weighted by molar-refractivity contribution is -0.122. The summed E-state index contributed by atoms with van der Waals surface area (Å²) in [6.45, 7) is 0.467. The molecule has 0 bridgehead atoms. The van der Waals surface area contributed by atoms with Crippen molar-refractivity contribution in [2.75, 3.05) is 0 Å². The van der Waals surface area contributed by atoms with Gasteiger partial charge in [0.05, 0.1) is 0 Å². The van der Waals surface area contributed by atoms with E-state index in [9.17, 15) is 4.79 Å². The molecule has 1 aliphatic rings. The van der Waals surface area contributed by atoms with Crippen LogP contribution >= 0.6 is 11.6 Å². The van der Waals surface area contributed by atoms with Gasteiger partial charge < -0.3 is 11.1 Å². The van der Waals surface area contributed by atoms with Crippen molar-refractivity contribution in [2.45, 2.75) is 50.6 Å². The number of carbonyl (C=O) groups is 1. The zero-order valence-electron chi connectivity index (χ0n) is 11.1. The van der Waals surface area contributed by atoms with Crippen molar-refractivity contribution in [3.05, 3.63) is 34.9 Å². The molecular weight excluding hydrogens is 260 g/mol. The number of nitrogens with two attached hydrogens (primary N) is 1. The molecule has 0 aliphatic heterocycles. The largest absolute Gasteiger partial charge is 0.352 e. The molecule has 1 aliphatic carbocycles. The van der Waals surface area contributed by atoms with Crippen LogP contribution in [0.4, 0.5) is 0 Å². The van der Waals surface area contributed by atoms with Crippen LogP contribution in [0.2, 0.25) is 5.02 Å². The summed E-state index contributed by atoms with van der Waals surface area (Å²) < 4.78 is 0. The molecule has 0 radical (unpaired) electrons. The fourth-order valence-electron chi connectivity index (χ4n) is 2.65. The summed E-state index contributed by atoms with van der Waals surface area (Å²) in [6, 6.07) is 7.54. The normalized spacial score (nSPS) is 18.0. The highest BCUT2D eigenvalue weighted by molar-refractivity contribution is 6.31. The first-order chi connectivity index (χ1) is 9.09. The lowest BCUT2D eigenvalue weighted by Gasteiger charge is -2.32. The minimum atomic E-state index is -0.303. The van der Waals surface area contributed by atoms with Gasteiger partial charge in [-0.3, -0.25) is 4.79 Å². The molecule has 3 N–H and O–H groups in total. The predicted octanol–water partition coefficient (Wildman–Crippen LogP) is 3.01. The van der Waals surface area contributed by atoms with Gasteiger partial charge in [0.1, 0.15) is 0 Å². The first-order valence-electron chi connectivity index (χ1n) is 6.88. The van der Waals surface area contributed by atoms with E-state index < -0.39 is 0 Å². The van der Waals surface area contributed by atoms with Crippen LogP contribution in [0, 0.1) is 0 Å². The van der Waals surface area contributed by atoms with Crippen molar-refractivity contribution in [1.82, 2.24) is 5.32 Å². The average Bonchev–Trinajstić information content (AvgIpc) is 2.38. The smallest absolute Gasteiger partial charge is 0.222 e. The zero-order valence-corrected chi connectivity index (χ0v) is 11.9. The second-order valence-electron chi connectivity index (χ2n) is 5.47. The van der Waals surface area contributed by atoms with Gasteiger partial charge in [0, 0.05) is 23.5 Å². The number of carbonyl (C=O) groups excluding carboxylic acids is 1. The molecule has 0 aromatic heterocycles. The summed E-state index contributed by atoms with van der Waals surface area (Å²) in [6.07, 6.45) is 5.82. The highest BCUT2D eigenvalue weighted by atomic mass is 35.5. The van der Waals surface area contributed by atoms with Gasteiger partial charge in [-0.15, -0.1) is 0 Å². The Labute approximate surface area is 119 Å². The van der Waals surface area contributed by atoms with E-state index in [4.69, 9.17) is 17.3 Å². The number of rotatable bonds is 4. The van der Waals surface area contributed by atoms with Gasteiger partial charge in [-0.1, -0.05) is 49.1 Å². The first kappa shape index (κ1) is 14.4. The summed E-state index contributed by atoms with van der Waals surface area (Å²) >= 11 is 6.05. The molecule has 0 unspecified atom stereocenters. The molecule has 19 heavy (non-hydrogen) atoms. The number of amides is 1. The Bertz CT molecular complexity index is 442. The number of halogens is 1. The molecule has 1 aromatic carbocycles. The standard InChI is InChI=1S/C15H21ClN2O/c16-13-7-3-2-6-12(13)11-18-14(19)10-15(17)8-4-1-5-9-15/h2-3,6-7H,1,4-5,8-11,17H2,(H,18,19). The van der Waals surface area contributed by atoms with Gasteiger partial charge in [-0.25, -0.2) is 0 Å². The van der Waals surface area contributed by atoms with E-state index in [0.717, 1.165) is 31.2 Å². The van der Waals surface area contributed by atoms with Crippen molar-refractivity contribution in [3.8, 4) is 0 Å². The zero-order chi connectivity index (χ0) is 13.7. The Kier molecular flexibility index (Phi) is 4.83. The molecule has 3 nitrogen and oxygen atoms in total. The maximum Gasteiger partial charge on any atom is 0.222 e. The van der Waals surface area contributed by atoms with Gasteiger partial charge in [0.25, 0.3) is 0 Å². The van der Waals surface area contributed by atoms with E-state index in [1.54, 1.807) is 0 Å². The highest BCUT2D eigenvalue weighted by Gasteiger charge is 2.29. The molecule has 1 amide bonds. The van der Waals surface area contributed by atoms with Crippen LogP contribution in [-0.4, -0.2) is 11.4 Å². The van der Waals surface area contributed by atoms with Gasteiger partial charge in [0.15, 0.2) is 0 Å². The predicted molar refractivity (Wildman–Crippen MR) is 77.9 cm³/mol. The Morgan fingerprint density at radius 3 is 2.63 bits per heavy atom. The fraction of sp³-hybridized carbons (Fsp3) is 0.533. The Balaban J connectivity index is 1.83. The molecule has 0 saturated heterocycles.